The molecule has 5 rings (SSSR count). The Kier molecular flexibility index (Phi) is 15.6. The Balaban J connectivity index is 0.000000228. The Hall–Kier alpha value is -3.86. The number of hydrogen-bond donors (Lipinski definition) is 2. The van der Waals surface area contributed by atoms with Crippen LogP contribution in [0.5, 0.6) is 0 Å². The first-order valence-electron chi connectivity index (χ1n) is 17.2. The molecule has 3 amide bonds. The number of nitrogens with one attached hydrogen (secondary N) is 1. The highest BCUT2D eigenvalue weighted by Gasteiger charge is 2.28. The van der Waals surface area contributed by atoms with Gasteiger partial charge in [0.25, 0.3) is 0 Å². The number of ether oxygens (including phenoxy) is 1. The van der Waals surface area contributed by atoms with E-state index in [0.717, 1.165) is 49.0 Å². The van der Waals surface area contributed by atoms with Gasteiger partial charge < -0.3 is 29.9 Å². The Labute approximate surface area is 325 Å². The van der Waals surface area contributed by atoms with Gasteiger partial charge in [0.1, 0.15) is 25.2 Å². The van der Waals surface area contributed by atoms with Gasteiger partial charge in [-0.05, 0) is 62.3 Å². The smallest absolute Gasteiger partial charge is 0.410 e. The molecule has 53 heavy (non-hydrogen) atoms. The van der Waals surface area contributed by atoms with Gasteiger partial charge in [-0.2, -0.15) is 15.3 Å². The van der Waals surface area contributed by atoms with E-state index in [1.165, 1.54) is 4.68 Å². The van der Waals surface area contributed by atoms with Crippen LogP contribution in [0.2, 0.25) is 15.1 Å². The fourth-order valence-electron chi connectivity index (χ4n) is 5.45. The van der Waals surface area contributed by atoms with Crippen molar-refractivity contribution in [2.75, 3.05) is 52.4 Å². The van der Waals surface area contributed by atoms with E-state index in [-0.39, 0.29) is 37.5 Å². The Morgan fingerprint density at radius 1 is 0.623 bits per heavy atom. The second kappa shape index (κ2) is 18.9. The van der Waals surface area contributed by atoms with E-state index < -0.39 is 11.6 Å². The highest BCUT2D eigenvalue weighted by molar-refractivity contribution is 6.32. The van der Waals surface area contributed by atoms with Crippen LogP contribution in [-0.4, -0.2) is 131 Å². The first kappa shape index (κ1) is 43.5. The minimum Gasteiger partial charge on any atom is -0.480 e. The Morgan fingerprint density at radius 2 is 0.962 bits per heavy atom. The standard InChI is InChI=1S/C16H25ClN4O3.C11H17ClN4O.C7H9ClN2O2/c1-11-14(17)12(2)21(18-11)10-13(22)19-6-8-20(9-7-19)15(23)24-16(3,4)5;1-8-11(12)9(2)16(14-8)7-10(17)15-5-3-13-4-6-15;1-4-7(8)5(2)10(9-4)3-6(11)12/h6-10H2,1-5H3;13H,3-7H2,1-2H3;3H2,1-2H3,(H,11,12). The van der Waals surface area contributed by atoms with Crippen molar-refractivity contribution >= 4 is 58.7 Å². The lowest BCUT2D eigenvalue weighted by Crippen LogP contribution is -2.52. The molecule has 3 aromatic rings. The molecule has 2 N–H and O–H groups in total. The third kappa shape index (κ3) is 12.3. The molecule has 2 aliphatic heterocycles. The third-order valence-corrected chi connectivity index (χ3v) is 10.1. The lowest BCUT2D eigenvalue weighted by molar-refractivity contribution is -0.138. The molecule has 2 saturated heterocycles. The van der Waals surface area contributed by atoms with Crippen LogP contribution >= 0.6 is 34.8 Å². The summed E-state index contributed by atoms with van der Waals surface area (Å²) in [5.41, 5.74) is 3.97. The van der Waals surface area contributed by atoms with Crippen molar-refractivity contribution in [3.63, 3.8) is 0 Å². The predicted octanol–water partition coefficient (Wildman–Crippen LogP) is 4.06. The average Bonchev–Trinajstić information content (AvgIpc) is 3.59. The van der Waals surface area contributed by atoms with Gasteiger partial charge in [-0.15, -0.1) is 0 Å². The molecule has 0 radical (unpaired) electrons. The van der Waals surface area contributed by atoms with Crippen LogP contribution in [0.4, 0.5) is 4.79 Å². The lowest BCUT2D eigenvalue weighted by Gasteiger charge is -2.35. The number of aryl methyl sites for hydroxylation is 3. The van der Waals surface area contributed by atoms with Crippen molar-refractivity contribution in [2.45, 2.75) is 87.5 Å². The van der Waals surface area contributed by atoms with Crippen LogP contribution in [0.3, 0.4) is 0 Å². The van der Waals surface area contributed by atoms with Gasteiger partial charge in [0, 0.05) is 52.4 Å². The molecule has 0 atom stereocenters. The summed E-state index contributed by atoms with van der Waals surface area (Å²) in [6.07, 6.45) is -0.333. The summed E-state index contributed by atoms with van der Waals surface area (Å²) in [6.45, 7) is 21.9. The summed E-state index contributed by atoms with van der Waals surface area (Å²) >= 11 is 18.0. The number of piperazine rings is 2. The van der Waals surface area contributed by atoms with Crippen LogP contribution < -0.4 is 5.32 Å². The molecule has 2 fully saturated rings. The van der Waals surface area contributed by atoms with E-state index in [2.05, 4.69) is 20.6 Å². The molecule has 0 spiro atoms. The van der Waals surface area contributed by atoms with Gasteiger partial charge in [0.05, 0.1) is 49.2 Å². The fraction of sp³-hybridized carbons (Fsp3) is 0.618. The van der Waals surface area contributed by atoms with Crippen LogP contribution in [-0.2, 0) is 38.8 Å². The van der Waals surface area contributed by atoms with E-state index in [1.807, 2.05) is 53.4 Å². The zero-order chi connectivity index (χ0) is 39.8. The number of nitrogens with zero attached hydrogens (tertiary/aromatic N) is 9. The van der Waals surface area contributed by atoms with Gasteiger partial charge in [-0.3, -0.25) is 28.4 Å². The summed E-state index contributed by atoms with van der Waals surface area (Å²) in [5.74, 6) is -0.841. The zero-order valence-electron chi connectivity index (χ0n) is 31.9. The van der Waals surface area contributed by atoms with E-state index in [4.69, 9.17) is 44.6 Å². The average molecular weight is 802 g/mol. The van der Waals surface area contributed by atoms with E-state index >= 15 is 0 Å². The summed E-state index contributed by atoms with van der Waals surface area (Å²) in [4.78, 5) is 52.1. The zero-order valence-corrected chi connectivity index (χ0v) is 34.2. The van der Waals surface area contributed by atoms with Crippen LogP contribution in [0, 0.1) is 41.5 Å². The van der Waals surface area contributed by atoms with Crippen LogP contribution in [0.1, 0.15) is 54.9 Å². The van der Waals surface area contributed by atoms with Gasteiger partial charge >= 0.3 is 12.1 Å². The quantitative estimate of drug-likeness (QED) is 0.371. The maximum atomic E-state index is 12.4. The number of halogens is 3. The van der Waals surface area contributed by atoms with Crippen LogP contribution in [0.15, 0.2) is 0 Å². The minimum atomic E-state index is -0.919. The van der Waals surface area contributed by atoms with Gasteiger partial charge in [0.2, 0.25) is 11.8 Å². The minimum absolute atomic E-state index is 0.0268. The SMILES string of the molecule is Cc1nn(CC(=O)N2CCN(C(=O)OC(C)(C)C)CC2)c(C)c1Cl.Cc1nn(CC(=O)N2CCNCC2)c(C)c1Cl.Cc1nn(CC(=O)O)c(C)c1Cl. The number of carbonyl (C=O) groups is 4. The number of amides is 3. The van der Waals surface area contributed by atoms with E-state index in [9.17, 15) is 19.2 Å². The summed E-state index contributed by atoms with van der Waals surface area (Å²) in [7, 11) is 0. The monoisotopic (exact) mass is 800 g/mol. The molecular formula is C34H51Cl3N10O6. The topological polar surface area (TPSA) is 173 Å². The molecule has 0 bridgehead atoms. The lowest BCUT2D eigenvalue weighted by atomic mass is 10.2. The first-order chi connectivity index (χ1) is 24.7. The second-order valence-electron chi connectivity index (χ2n) is 13.8. The number of aromatic nitrogens is 6. The summed E-state index contributed by atoms with van der Waals surface area (Å²) < 4.78 is 10.0. The van der Waals surface area contributed by atoms with Crippen molar-refractivity contribution in [2.24, 2.45) is 0 Å². The second-order valence-corrected chi connectivity index (χ2v) is 14.9. The number of carboxylic acid groups (broad SMARTS) is 1. The molecule has 16 nitrogen and oxygen atoms in total. The normalized spacial score (nSPS) is 14.6. The largest absolute Gasteiger partial charge is 0.480 e. The Morgan fingerprint density at radius 3 is 1.28 bits per heavy atom. The van der Waals surface area contributed by atoms with Gasteiger partial charge in [-0.25, -0.2) is 4.79 Å². The molecule has 3 aromatic heterocycles. The highest BCUT2D eigenvalue weighted by atomic mass is 35.5. The number of carboxylic acids is 1. The third-order valence-electron chi connectivity index (χ3n) is 8.49. The molecule has 0 aliphatic carbocycles. The molecular weight excluding hydrogens is 751 g/mol. The Bertz CT molecular complexity index is 1770. The molecule has 0 saturated carbocycles. The van der Waals surface area contributed by atoms with Gasteiger partial charge in [-0.1, -0.05) is 34.8 Å². The van der Waals surface area contributed by atoms with Gasteiger partial charge in [0.15, 0.2) is 0 Å². The fourth-order valence-corrected chi connectivity index (χ4v) is 5.86. The molecule has 2 aliphatic rings. The molecule has 0 aromatic carbocycles. The maximum absolute atomic E-state index is 12.4. The van der Waals surface area contributed by atoms with Crippen LogP contribution in [0.25, 0.3) is 0 Å². The van der Waals surface area contributed by atoms with Crippen molar-refractivity contribution in [3.05, 3.63) is 49.2 Å². The van der Waals surface area contributed by atoms with Crippen molar-refractivity contribution in [3.8, 4) is 0 Å². The van der Waals surface area contributed by atoms with Crippen molar-refractivity contribution < 1.29 is 29.0 Å². The molecule has 294 valence electrons. The number of carbonyl (C=O) groups excluding carboxylic acids is 3. The number of aliphatic carboxylic acids is 1. The summed E-state index contributed by atoms with van der Waals surface area (Å²) in [6, 6.07) is 0. The predicted molar refractivity (Wildman–Crippen MR) is 202 cm³/mol. The summed E-state index contributed by atoms with van der Waals surface area (Å²) in [5, 5.41) is 26.0. The number of rotatable bonds is 6. The molecule has 0 unspecified atom stereocenters. The van der Waals surface area contributed by atoms with Crippen molar-refractivity contribution in [1.29, 1.82) is 0 Å². The van der Waals surface area contributed by atoms with Crippen molar-refractivity contribution in [1.82, 2.24) is 49.4 Å². The van der Waals surface area contributed by atoms with E-state index in [0.29, 0.717) is 52.6 Å². The number of hydrogen-bond acceptors (Lipinski definition) is 9. The molecule has 5 heterocycles. The maximum Gasteiger partial charge on any atom is 0.410 e. The van der Waals surface area contributed by atoms with E-state index in [1.54, 1.807) is 33.0 Å². The highest BCUT2D eigenvalue weighted by Crippen LogP contribution is 2.21. The first-order valence-corrected chi connectivity index (χ1v) is 18.4. The molecule has 19 heteroatoms.